The van der Waals surface area contributed by atoms with Gasteiger partial charge in [0.05, 0.1) is 21.2 Å². The van der Waals surface area contributed by atoms with Crippen LogP contribution in [-0.2, 0) is 25.6 Å². The van der Waals surface area contributed by atoms with E-state index < -0.39 is 19.9 Å². The Hall–Kier alpha value is -2.66. The summed E-state index contributed by atoms with van der Waals surface area (Å²) in [5.74, 6) is -0.596. The second-order valence-electron chi connectivity index (χ2n) is 8.72. The van der Waals surface area contributed by atoms with E-state index in [-0.39, 0.29) is 21.4 Å². The third-order valence-electron chi connectivity index (χ3n) is 6.17. The van der Waals surface area contributed by atoms with E-state index in [0.717, 1.165) is 9.99 Å². The van der Waals surface area contributed by atoms with Crippen LogP contribution in [0.25, 0.3) is 0 Å². The summed E-state index contributed by atoms with van der Waals surface area (Å²) in [4.78, 5) is 4.13. The molecule has 0 atom stereocenters. The molecule has 0 aliphatic carbocycles. The lowest BCUT2D eigenvalue weighted by atomic mass is 10.1. The van der Waals surface area contributed by atoms with Crippen molar-refractivity contribution in [1.82, 2.24) is 4.31 Å². The highest BCUT2D eigenvalue weighted by Crippen LogP contribution is 2.29. The Morgan fingerprint density at radius 3 is 1.94 bits per heavy atom. The van der Waals surface area contributed by atoms with Gasteiger partial charge in [0.25, 0.3) is 0 Å². The second kappa shape index (κ2) is 10.4. The van der Waals surface area contributed by atoms with E-state index in [2.05, 4.69) is 4.90 Å². The molecule has 1 fully saturated rings. The zero-order chi connectivity index (χ0) is 26.1. The first-order valence-corrected chi connectivity index (χ1v) is 14.7. The van der Waals surface area contributed by atoms with Gasteiger partial charge in [-0.3, -0.25) is 0 Å². The predicted octanol–water partition coefficient (Wildman–Crippen LogP) is 4.03. The number of hydrogen-bond acceptors (Lipinski definition) is 6. The first-order valence-electron chi connectivity index (χ1n) is 11.3. The molecule has 4 rings (SSSR count). The molecule has 36 heavy (non-hydrogen) atoms. The van der Waals surface area contributed by atoms with Crippen molar-refractivity contribution in [3.05, 3.63) is 83.1 Å². The lowest BCUT2D eigenvalue weighted by Gasteiger charge is -2.38. The fourth-order valence-electron chi connectivity index (χ4n) is 4.19. The van der Waals surface area contributed by atoms with E-state index in [1.807, 2.05) is 17.0 Å². The van der Waals surface area contributed by atoms with Gasteiger partial charge in [-0.15, -0.1) is 0 Å². The van der Waals surface area contributed by atoms with E-state index in [4.69, 9.17) is 11.6 Å². The number of nitrogens with zero attached hydrogens (tertiary/aromatic N) is 3. The molecule has 1 heterocycles. The number of rotatable bonds is 7. The van der Waals surface area contributed by atoms with Crippen LogP contribution in [0.15, 0.2) is 76.5 Å². The maximum atomic E-state index is 14.4. The quantitative estimate of drug-likeness (QED) is 0.441. The van der Waals surface area contributed by atoms with Crippen LogP contribution in [0.5, 0.6) is 0 Å². The van der Waals surface area contributed by atoms with Gasteiger partial charge in [-0.05, 0) is 54.1 Å². The van der Waals surface area contributed by atoms with E-state index in [0.29, 0.717) is 42.5 Å². The predicted molar refractivity (Wildman–Crippen MR) is 140 cm³/mol. The van der Waals surface area contributed by atoms with Crippen molar-refractivity contribution in [2.75, 3.05) is 50.1 Å². The van der Waals surface area contributed by atoms with Crippen LogP contribution in [0, 0.1) is 5.82 Å². The number of sulfonamides is 1. The molecule has 0 spiro atoms. The lowest BCUT2D eigenvalue weighted by molar-refractivity contribution is 0.520. The maximum Gasteiger partial charge on any atom is 0.242 e. The molecule has 3 aromatic carbocycles. The molecule has 0 radical (unpaired) electrons. The minimum atomic E-state index is -3.73. The second-order valence-corrected chi connectivity index (χ2v) is 13.3. The van der Waals surface area contributed by atoms with Crippen LogP contribution in [0.1, 0.15) is 5.56 Å². The summed E-state index contributed by atoms with van der Waals surface area (Å²) < 4.78 is 66.4. The molecular formula is C25H27ClFN3O4S2. The first kappa shape index (κ1) is 26.4. The molecule has 0 N–H and O–H groups in total. The Kier molecular flexibility index (Phi) is 7.61. The van der Waals surface area contributed by atoms with Gasteiger partial charge < -0.3 is 9.80 Å². The number of sulfone groups is 1. The number of anilines is 2. The Bertz CT molecular complexity index is 1450. The summed E-state index contributed by atoms with van der Waals surface area (Å²) in [5.41, 5.74) is 1.95. The lowest BCUT2D eigenvalue weighted by Crippen LogP contribution is -2.47. The average Bonchev–Trinajstić information content (AvgIpc) is 2.84. The molecular weight excluding hydrogens is 525 g/mol. The van der Waals surface area contributed by atoms with Crippen LogP contribution in [0.2, 0.25) is 5.02 Å². The fraction of sp³-hybridized carbons (Fsp3) is 0.280. The number of halogens is 2. The molecule has 1 aliphatic heterocycles. The van der Waals surface area contributed by atoms with E-state index >= 15 is 0 Å². The highest BCUT2D eigenvalue weighted by molar-refractivity contribution is 7.90. The van der Waals surface area contributed by atoms with Gasteiger partial charge in [0.2, 0.25) is 10.0 Å². The Morgan fingerprint density at radius 1 is 0.806 bits per heavy atom. The maximum absolute atomic E-state index is 14.4. The summed E-state index contributed by atoms with van der Waals surface area (Å²) in [6.45, 7) is 2.33. The van der Waals surface area contributed by atoms with Crippen molar-refractivity contribution < 1.29 is 21.2 Å². The van der Waals surface area contributed by atoms with E-state index in [1.165, 1.54) is 44.4 Å². The molecule has 3 aromatic rings. The van der Waals surface area contributed by atoms with Gasteiger partial charge in [-0.2, -0.15) is 0 Å². The standard InChI is InChI=1S/C25H27ClFN3O4S2/c1-28(2)36(33,34)22-10-8-21(9-11-22)35(31,32)18-19-5-3-4-6-24(19)29-13-15-30(16-14-29)25-12-7-20(26)17-23(25)27/h3-12,17H,13-16,18H2,1-2H3. The third-order valence-corrected chi connectivity index (χ3v) is 9.92. The van der Waals surface area contributed by atoms with Crippen LogP contribution >= 0.6 is 11.6 Å². The van der Waals surface area contributed by atoms with Gasteiger partial charge in [0.1, 0.15) is 5.82 Å². The van der Waals surface area contributed by atoms with Gasteiger partial charge in [0.15, 0.2) is 9.84 Å². The molecule has 0 bridgehead atoms. The van der Waals surface area contributed by atoms with Gasteiger partial charge in [-0.25, -0.2) is 25.5 Å². The monoisotopic (exact) mass is 551 g/mol. The van der Waals surface area contributed by atoms with Gasteiger partial charge in [-0.1, -0.05) is 29.8 Å². The first-order chi connectivity index (χ1) is 17.0. The Morgan fingerprint density at radius 2 is 1.36 bits per heavy atom. The van der Waals surface area contributed by atoms with Crippen molar-refractivity contribution in [2.45, 2.75) is 15.5 Å². The van der Waals surface area contributed by atoms with Gasteiger partial charge >= 0.3 is 0 Å². The molecule has 0 unspecified atom stereocenters. The topological polar surface area (TPSA) is 78.0 Å². The summed E-state index contributed by atoms with van der Waals surface area (Å²) in [6.07, 6.45) is 0. The van der Waals surface area contributed by atoms with Gasteiger partial charge in [0, 0.05) is 51.0 Å². The highest BCUT2D eigenvalue weighted by Gasteiger charge is 2.24. The Labute approximate surface area is 216 Å². The van der Waals surface area contributed by atoms with Crippen LogP contribution in [0.3, 0.4) is 0 Å². The average molecular weight is 552 g/mol. The van der Waals surface area contributed by atoms with E-state index in [1.54, 1.807) is 24.3 Å². The minimum absolute atomic E-state index is 0.0295. The molecule has 0 amide bonds. The minimum Gasteiger partial charge on any atom is -0.368 e. The Balaban J connectivity index is 1.51. The molecule has 7 nitrogen and oxygen atoms in total. The third kappa shape index (κ3) is 5.51. The number of para-hydroxylation sites is 1. The van der Waals surface area contributed by atoms with Crippen molar-refractivity contribution in [3.63, 3.8) is 0 Å². The highest BCUT2D eigenvalue weighted by atomic mass is 35.5. The van der Waals surface area contributed by atoms with Crippen LogP contribution in [0.4, 0.5) is 15.8 Å². The summed E-state index contributed by atoms with van der Waals surface area (Å²) in [5, 5.41) is 0.346. The molecule has 11 heteroatoms. The molecule has 1 saturated heterocycles. The molecule has 192 valence electrons. The number of hydrogen-bond donors (Lipinski definition) is 0. The number of benzene rings is 3. The van der Waals surface area contributed by atoms with Crippen LogP contribution in [-0.4, -0.2) is 61.4 Å². The SMILES string of the molecule is CN(C)S(=O)(=O)c1ccc(S(=O)(=O)Cc2ccccc2N2CCN(c3ccc(Cl)cc3F)CC2)cc1. The van der Waals surface area contributed by atoms with Crippen molar-refractivity contribution >= 4 is 42.8 Å². The van der Waals surface area contributed by atoms with Crippen molar-refractivity contribution in [1.29, 1.82) is 0 Å². The number of piperazine rings is 1. The summed E-state index contributed by atoms with van der Waals surface area (Å²) >= 11 is 5.87. The van der Waals surface area contributed by atoms with E-state index in [9.17, 15) is 21.2 Å². The van der Waals surface area contributed by atoms with Crippen molar-refractivity contribution in [2.24, 2.45) is 0 Å². The molecule has 0 saturated carbocycles. The molecule has 0 aromatic heterocycles. The normalized spacial score (nSPS) is 14.9. The smallest absolute Gasteiger partial charge is 0.242 e. The summed E-state index contributed by atoms with van der Waals surface area (Å²) in [6, 6.07) is 17.2. The fourth-order valence-corrected chi connectivity index (χ4v) is 6.62. The molecule has 1 aliphatic rings. The van der Waals surface area contributed by atoms with Crippen LogP contribution < -0.4 is 9.80 Å². The zero-order valence-corrected chi connectivity index (χ0v) is 22.3. The van der Waals surface area contributed by atoms with Crippen molar-refractivity contribution in [3.8, 4) is 0 Å². The summed E-state index contributed by atoms with van der Waals surface area (Å²) in [7, 11) is -4.54. The largest absolute Gasteiger partial charge is 0.368 e. The zero-order valence-electron chi connectivity index (χ0n) is 19.9.